The molecule has 106 valence electrons. The molecule has 0 aromatic carbocycles. The van der Waals surface area contributed by atoms with Gasteiger partial charge in [0.1, 0.15) is 0 Å². The number of aromatic nitrogens is 3. The first kappa shape index (κ1) is 14.2. The molecule has 0 aliphatic carbocycles. The van der Waals surface area contributed by atoms with Crippen LogP contribution in [0.3, 0.4) is 0 Å². The number of carbonyl (C=O) groups is 1. The van der Waals surface area contributed by atoms with Crippen molar-refractivity contribution < 1.29 is 9.53 Å². The number of ether oxygens (including phenoxy) is 1. The number of H-pyrrole nitrogens is 1. The van der Waals surface area contributed by atoms with Crippen LogP contribution in [-0.4, -0.2) is 32.9 Å². The van der Waals surface area contributed by atoms with E-state index >= 15 is 0 Å². The van der Waals surface area contributed by atoms with E-state index in [1.165, 1.54) is 0 Å². The molecule has 6 nitrogen and oxygen atoms in total. The maximum Gasteiger partial charge on any atom is 0.220 e. The second-order valence-electron chi connectivity index (χ2n) is 4.97. The Labute approximate surface area is 117 Å². The van der Waals surface area contributed by atoms with E-state index in [1.54, 1.807) is 4.57 Å². The average molecular weight is 284 g/mol. The Morgan fingerprint density at radius 2 is 2.42 bits per heavy atom. The minimum Gasteiger partial charge on any atom is -0.375 e. The topological polar surface area (TPSA) is 71.9 Å². The zero-order valence-corrected chi connectivity index (χ0v) is 12.1. The van der Waals surface area contributed by atoms with Gasteiger partial charge in [0.2, 0.25) is 5.91 Å². The molecule has 2 N–H and O–H groups in total. The molecule has 1 saturated heterocycles. The fourth-order valence-corrected chi connectivity index (χ4v) is 2.34. The van der Waals surface area contributed by atoms with Gasteiger partial charge in [-0.25, -0.2) is 0 Å². The fourth-order valence-electron chi connectivity index (χ4n) is 2.19. The van der Waals surface area contributed by atoms with E-state index in [0.717, 1.165) is 25.1 Å². The van der Waals surface area contributed by atoms with Crippen molar-refractivity contribution in [3.8, 4) is 0 Å². The number of hydrogen-bond acceptors (Lipinski definition) is 4. The second-order valence-corrected chi connectivity index (χ2v) is 5.35. The van der Waals surface area contributed by atoms with Crippen molar-refractivity contribution in [3.05, 3.63) is 10.6 Å². The predicted octanol–water partition coefficient (Wildman–Crippen LogP) is 1.44. The number of amides is 1. The first-order valence-electron chi connectivity index (χ1n) is 6.58. The van der Waals surface area contributed by atoms with Crippen molar-refractivity contribution >= 4 is 18.1 Å². The molecule has 0 radical (unpaired) electrons. The monoisotopic (exact) mass is 284 g/mol. The van der Waals surface area contributed by atoms with E-state index in [-0.39, 0.29) is 12.0 Å². The van der Waals surface area contributed by atoms with Crippen LogP contribution in [0.4, 0.5) is 0 Å². The van der Waals surface area contributed by atoms with Gasteiger partial charge in [-0.15, -0.1) is 0 Å². The number of nitrogens with zero attached hydrogens (tertiary/aromatic N) is 2. The summed E-state index contributed by atoms with van der Waals surface area (Å²) in [6.45, 7) is 2.47. The van der Waals surface area contributed by atoms with Crippen LogP contribution >= 0.6 is 12.2 Å². The minimum absolute atomic E-state index is 0.0251. The van der Waals surface area contributed by atoms with Crippen LogP contribution in [0.1, 0.15) is 38.4 Å². The van der Waals surface area contributed by atoms with Crippen molar-refractivity contribution in [2.45, 2.75) is 51.4 Å². The standard InChI is InChI=1S/C12H20N4O2S/c1-8-3-4-9(18-8)5-6-11(17)13-7-10-14-15-12(19)16(10)2/h8-9H,3-7H2,1-2H3,(H,13,17)(H,15,19)/t8-,9-/m1/s1. The second kappa shape index (κ2) is 6.29. The van der Waals surface area contributed by atoms with E-state index in [9.17, 15) is 4.79 Å². The Kier molecular flexibility index (Phi) is 4.71. The Bertz CT molecular complexity index is 496. The van der Waals surface area contributed by atoms with Gasteiger partial charge in [0, 0.05) is 13.5 Å². The van der Waals surface area contributed by atoms with Crippen LogP contribution in [0.2, 0.25) is 0 Å². The number of hydrogen-bond donors (Lipinski definition) is 2. The molecule has 0 unspecified atom stereocenters. The lowest BCUT2D eigenvalue weighted by Crippen LogP contribution is -2.25. The lowest BCUT2D eigenvalue weighted by molar-refractivity contribution is -0.122. The molecule has 1 amide bonds. The summed E-state index contributed by atoms with van der Waals surface area (Å²) in [5.41, 5.74) is 0. The lowest BCUT2D eigenvalue weighted by atomic mass is 10.1. The zero-order chi connectivity index (χ0) is 13.8. The highest BCUT2D eigenvalue weighted by Gasteiger charge is 2.22. The van der Waals surface area contributed by atoms with Crippen LogP contribution in [0.15, 0.2) is 0 Å². The first-order chi connectivity index (χ1) is 9.06. The van der Waals surface area contributed by atoms with E-state index in [4.69, 9.17) is 17.0 Å². The molecule has 1 aromatic rings. The lowest BCUT2D eigenvalue weighted by Gasteiger charge is -2.10. The highest BCUT2D eigenvalue weighted by molar-refractivity contribution is 7.71. The van der Waals surface area contributed by atoms with E-state index in [0.29, 0.717) is 23.8 Å². The molecule has 2 atom stereocenters. The third kappa shape index (κ3) is 3.87. The molecular formula is C12H20N4O2S. The van der Waals surface area contributed by atoms with E-state index in [1.807, 2.05) is 7.05 Å². The molecule has 2 heterocycles. The molecule has 1 aliphatic rings. The van der Waals surface area contributed by atoms with E-state index in [2.05, 4.69) is 22.4 Å². The third-order valence-corrected chi connectivity index (χ3v) is 3.79. The van der Waals surface area contributed by atoms with Gasteiger partial charge in [-0.1, -0.05) is 0 Å². The number of aromatic amines is 1. The van der Waals surface area contributed by atoms with E-state index < -0.39 is 0 Å². The molecule has 19 heavy (non-hydrogen) atoms. The third-order valence-electron chi connectivity index (χ3n) is 3.43. The summed E-state index contributed by atoms with van der Waals surface area (Å²) in [6, 6.07) is 0. The summed E-state index contributed by atoms with van der Waals surface area (Å²) in [7, 11) is 1.82. The van der Waals surface area contributed by atoms with Crippen molar-refractivity contribution in [1.29, 1.82) is 0 Å². The largest absolute Gasteiger partial charge is 0.375 e. The van der Waals surface area contributed by atoms with Crippen LogP contribution in [-0.2, 0) is 23.1 Å². The molecule has 1 aliphatic heterocycles. The normalized spacial score (nSPS) is 22.6. The first-order valence-corrected chi connectivity index (χ1v) is 6.99. The Morgan fingerprint density at radius 3 is 3.00 bits per heavy atom. The Morgan fingerprint density at radius 1 is 1.63 bits per heavy atom. The van der Waals surface area contributed by atoms with Gasteiger partial charge in [0.25, 0.3) is 0 Å². The molecule has 0 saturated carbocycles. The Hall–Kier alpha value is -1.21. The quantitative estimate of drug-likeness (QED) is 0.803. The maximum atomic E-state index is 11.7. The van der Waals surface area contributed by atoms with Gasteiger partial charge in [-0.2, -0.15) is 5.10 Å². The van der Waals surface area contributed by atoms with Crippen LogP contribution in [0.25, 0.3) is 0 Å². The summed E-state index contributed by atoms with van der Waals surface area (Å²) in [6.07, 6.45) is 4.00. The van der Waals surface area contributed by atoms with Crippen LogP contribution in [0.5, 0.6) is 0 Å². The SMILES string of the molecule is C[C@@H]1CC[C@H](CCC(=O)NCc2n[nH]c(=S)n2C)O1. The highest BCUT2D eigenvalue weighted by atomic mass is 32.1. The molecule has 2 rings (SSSR count). The van der Waals surface area contributed by atoms with Gasteiger partial charge >= 0.3 is 0 Å². The van der Waals surface area contributed by atoms with Gasteiger partial charge in [0.05, 0.1) is 18.8 Å². The molecule has 0 spiro atoms. The van der Waals surface area contributed by atoms with Gasteiger partial charge in [0.15, 0.2) is 10.6 Å². The number of carbonyl (C=O) groups excluding carboxylic acids is 1. The smallest absolute Gasteiger partial charge is 0.220 e. The summed E-state index contributed by atoms with van der Waals surface area (Å²) >= 11 is 5.00. The van der Waals surface area contributed by atoms with Crippen molar-refractivity contribution in [1.82, 2.24) is 20.1 Å². The summed E-state index contributed by atoms with van der Waals surface area (Å²) in [4.78, 5) is 11.7. The van der Waals surface area contributed by atoms with Crippen LogP contribution in [0, 0.1) is 4.77 Å². The predicted molar refractivity (Wildman–Crippen MR) is 73.0 cm³/mol. The summed E-state index contributed by atoms with van der Waals surface area (Å²) in [5.74, 6) is 0.751. The minimum atomic E-state index is 0.0251. The molecular weight excluding hydrogens is 264 g/mol. The highest BCUT2D eigenvalue weighted by Crippen LogP contribution is 2.22. The fraction of sp³-hybridized carbons (Fsp3) is 0.750. The van der Waals surface area contributed by atoms with Gasteiger partial charge in [-0.3, -0.25) is 9.89 Å². The zero-order valence-electron chi connectivity index (χ0n) is 11.3. The average Bonchev–Trinajstić information content (AvgIpc) is 2.93. The summed E-state index contributed by atoms with van der Waals surface area (Å²) in [5, 5.41) is 9.57. The van der Waals surface area contributed by atoms with Crippen molar-refractivity contribution in [2.75, 3.05) is 0 Å². The van der Waals surface area contributed by atoms with Gasteiger partial charge in [-0.05, 0) is 38.4 Å². The van der Waals surface area contributed by atoms with Crippen molar-refractivity contribution in [2.24, 2.45) is 7.05 Å². The van der Waals surface area contributed by atoms with Gasteiger partial charge < -0.3 is 14.6 Å². The Balaban J connectivity index is 1.70. The molecule has 1 aromatic heterocycles. The van der Waals surface area contributed by atoms with Crippen molar-refractivity contribution in [3.63, 3.8) is 0 Å². The molecule has 1 fully saturated rings. The maximum absolute atomic E-state index is 11.7. The molecule has 7 heteroatoms. The number of rotatable bonds is 5. The summed E-state index contributed by atoms with van der Waals surface area (Å²) < 4.78 is 7.98. The van der Waals surface area contributed by atoms with Crippen LogP contribution < -0.4 is 5.32 Å². The molecule has 0 bridgehead atoms. The number of nitrogens with one attached hydrogen (secondary N) is 2.